The Labute approximate surface area is 104 Å². The molecule has 0 bridgehead atoms. The van der Waals surface area contributed by atoms with Crippen LogP contribution in [0.25, 0.3) is 0 Å². The molecular formula is C10H16N4O4. The smallest absolute Gasteiger partial charge is 0.333 e. The summed E-state index contributed by atoms with van der Waals surface area (Å²) < 4.78 is 5.97. The average Bonchev–Trinajstić information content (AvgIpc) is 2.59. The molecule has 8 heteroatoms. The zero-order valence-corrected chi connectivity index (χ0v) is 10.8. The van der Waals surface area contributed by atoms with Gasteiger partial charge in [-0.25, -0.2) is 9.48 Å². The molecule has 18 heavy (non-hydrogen) atoms. The lowest BCUT2D eigenvalue weighted by molar-refractivity contribution is -0.384. The molecule has 0 spiro atoms. The van der Waals surface area contributed by atoms with Crippen molar-refractivity contribution in [3.8, 4) is 0 Å². The molecule has 1 aromatic rings. The third-order valence-electron chi connectivity index (χ3n) is 2.58. The second kappa shape index (κ2) is 5.48. The first-order valence-corrected chi connectivity index (χ1v) is 5.44. The van der Waals surface area contributed by atoms with Crippen LogP contribution in [0.4, 0.5) is 11.5 Å². The summed E-state index contributed by atoms with van der Waals surface area (Å²) in [7, 11) is 2.85. The first-order chi connectivity index (χ1) is 8.42. The van der Waals surface area contributed by atoms with E-state index in [2.05, 4.69) is 15.2 Å². The Hall–Kier alpha value is -2.12. The Kier molecular flexibility index (Phi) is 4.24. The molecule has 1 N–H and O–H groups in total. The monoisotopic (exact) mass is 256 g/mol. The molecule has 1 aromatic heterocycles. The van der Waals surface area contributed by atoms with E-state index in [1.807, 2.05) is 0 Å². The predicted molar refractivity (Wildman–Crippen MR) is 64.3 cm³/mol. The van der Waals surface area contributed by atoms with Crippen LogP contribution in [0, 0.1) is 17.0 Å². The van der Waals surface area contributed by atoms with Crippen molar-refractivity contribution in [3.05, 3.63) is 15.8 Å². The lowest BCUT2D eigenvalue weighted by Gasteiger charge is -2.14. The Balaban J connectivity index is 3.10. The van der Waals surface area contributed by atoms with Gasteiger partial charge in [0.15, 0.2) is 0 Å². The van der Waals surface area contributed by atoms with Gasteiger partial charge < -0.3 is 10.1 Å². The van der Waals surface area contributed by atoms with Gasteiger partial charge in [0.05, 0.1) is 12.0 Å². The standard InChI is InChI=1S/C10H16N4O4/c1-5-7(10(15)18-4)11-9-8(14(16)17)6(2)12-13(9)3/h7,11H,5H2,1-4H3. The quantitative estimate of drug-likeness (QED) is 0.479. The van der Waals surface area contributed by atoms with E-state index in [-0.39, 0.29) is 11.5 Å². The number of nitrogens with one attached hydrogen (secondary N) is 1. The molecule has 0 saturated heterocycles. The molecule has 0 aliphatic carbocycles. The van der Waals surface area contributed by atoms with Gasteiger partial charge in [-0.1, -0.05) is 6.92 Å². The number of ether oxygens (including phenoxy) is 1. The second-order valence-electron chi connectivity index (χ2n) is 3.79. The normalized spacial score (nSPS) is 12.0. The van der Waals surface area contributed by atoms with Crippen molar-refractivity contribution < 1.29 is 14.5 Å². The van der Waals surface area contributed by atoms with Gasteiger partial charge in [-0.15, -0.1) is 0 Å². The lowest BCUT2D eigenvalue weighted by Crippen LogP contribution is -2.31. The number of nitro groups is 1. The number of esters is 1. The fourth-order valence-electron chi connectivity index (χ4n) is 1.66. The first-order valence-electron chi connectivity index (χ1n) is 5.44. The van der Waals surface area contributed by atoms with E-state index in [4.69, 9.17) is 0 Å². The maximum absolute atomic E-state index is 11.5. The minimum Gasteiger partial charge on any atom is -0.467 e. The van der Waals surface area contributed by atoms with E-state index in [1.54, 1.807) is 20.9 Å². The number of aryl methyl sites for hydroxylation is 2. The van der Waals surface area contributed by atoms with Gasteiger partial charge in [-0.05, 0) is 13.3 Å². The molecule has 1 heterocycles. The molecule has 1 unspecified atom stereocenters. The molecule has 0 aromatic carbocycles. The summed E-state index contributed by atoms with van der Waals surface area (Å²) >= 11 is 0. The fourth-order valence-corrected chi connectivity index (χ4v) is 1.66. The van der Waals surface area contributed by atoms with E-state index in [9.17, 15) is 14.9 Å². The Morgan fingerprint density at radius 1 is 1.67 bits per heavy atom. The number of anilines is 1. The zero-order valence-electron chi connectivity index (χ0n) is 10.8. The molecular weight excluding hydrogens is 240 g/mol. The highest BCUT2D eigenvalue weighted by molar-refractivity contribution is 5.80. The van der Waals surface area contributed by atoms with Gasteiger partial charge in [-0.3, -0.25) is 10.1 Å². The van der Waals surface area contributed by atoms with Crippen molar-refractivity contribution in [2.75, 3.05) is 12.4 Å². The minimum atomic E-state index is -0.636. The van der Waals surface area contributed by atoms with Gasteiger partial charge in [0.2, 0.25) is 5.82 Å². The summed E-state index contributed by atoms with van der Waals surface area (Å²) in [6, 6.07) is -0.636. The topological polar surface area (TPSA) is 99.3 Å². The van der Waals surface area contributed by atoms with Crippen LogP contribution in [0.15, 0.2) is 0 Å². The van der Waals surface area contributed by atoms with Crippen LogP contribution < -0.4 is 5.32 Å². The number of rotatable bonds is 5. The van der Waals surface area contributed by atoms with Crippen LogP contribution in [0.1, 0.15) is 19.0 Å². The Bertz CT molecular complexity index is 469. The predicted octanol–water partition coefficient (Wildman–Crippen LogP) is 1.00. The third kappa shape index (κ3) is 2.58. The van der Waals surface area contributed by atoms with Crippen molar-refractivity contribution in [2.24, 2.45) is 7.05 Å². The number of nitrogens with zero attached hydrogens (tertiary/aromatic N) is 3. The molecule has 0 aliphatic heterocycles. The van der Waals surface area contributed by atoms with E-state index < -0.39 is 16.9 Å². The molecule has 0 amide bonds. The molecule has 1 rings (SSSR count). The number of hydrogen-bond acceptors (Lipinski definition) is 6. The molecule has 1 atom stereocenters. The molecule has 0 radical (unpaired) electrons. The number of aromatic nitrogens is 2. The van der Waals surface area contributed by atoms with Gasteiger partial charge in [0.1, 0.15) is 11.7 Å². The maximum atomic E-state index is 11.5. The summed E-state index contributed by atoms with van der Waals surface area (Å²) in [5, 5.41) is 17.7. The molecule has 0 fully saturated rings. The van der Waals surface area contributed by atoms with Crippen LogP contribution in [0.3, 0.4) is 0 Å². The highest BCUT2D eigenvalue weighted by Crippen LogP contribution is 2.28. The fraction of sp³-hybridized carbons (Fsp3) is 0.600. The second-order valence-corrected chi connectivity index (χ2v) is 3.79. The van der Waals surface area contributed by atoms with E-state index in [0.717, 1.165) is 0 Å². The van der Waals surface area contributed by atoms with Gasteiger partial charge in [-0.2, -0.15) is 5.10 Å². The van der Waals surface area contributed by atoms with Crippen molar-refractivity contribution in [1.29, 1.82) is 0 Å². The maximum Gasteiger partial charge on any atom is 0.333 e. The average molecular weight is 256 g/mol. The number of hydrogen-bond donors (Lipinski definition) is 1. The SMILES string of the molecule is CCC(Nc1c([N+](=O)[O-])c(C)nn1C)C(=O)OC. The van der Waals surface area contributed by atoms with Crippen LogP contribution in [0.5, 0.6) is 0 Å². The lowest BCUT2D eigenvalue weighted by atomic mass is 10.2. The molecule has 100 valence electrons. The third-order valence-corrected chi connectivity index (χ3v) is 2.58. The number of carbonyl (C=O) groups excluding carboxylic acids is 1. The zero-order chi connectivity index (χ0) is 13.9. The van der Waals surface area contributed by atoms with E-state index in [0.29, 0.717) is 12.1 Å². The van der Waals surface area contributed by atoms with Crippen molar-refractivity contribution in [2.45, 2.75) is 26.3 Å². The van der Waals surface area contributed by atoms with Crippen LogP contribution in [-0.2, 0) is 16.6 Å². The van der Waals surface area contributed by atoms with Crippen LogP contribution in [-0.4, -0.2) is 33.8 Å². The summed E-state index contributed by atoms with van der Waals surface area (Å²) in [5.74, 6) is -0.264. The van der Waals surface area contributed by atoms with Gasteiger partial charge >= 0.3 is 11.7 Å². The number of methoxy groups -OCH3 is 1. The van der Waals surface area contributed by atoms with Crippen molar-refractivity contribution in [1.82, 2.24) is 9.78 Å². The highest BCUT2D eigenvalue weighted by atomic mass is 16.6. The van der Waals surface area contributed by atoms with E-state index in [1.165, 1.54) is 11.8 Å². The van der Waals surface area contributed by atoms with Crippen molar-refractivity contribution in [3.63, 3.8) is 0 Å². The molecule has 8 nitrogen and oxygen atoms in total. The summed E-state index contributed by atoms with van der Waals surface area (Å²) in [5.41, 5.74) is 0.171. The largest absolute Gasteiger partial charge is 0.467 e. The van der Waals surface area contributed by atoms with Crippen LogP contribution >= 0.6 is 0 Å². The summed E-state index contributed by atoms with van der Waals surface area (Å²) in [6.07, 6.45) is 0.452. The first kappa shape index (κ1) is 13.9. The van der Waals surface area contributed by atoms with E-state index >= 15 is 0 Å². The Morgan fingerprint density at radius 3 is 2.72 bits per heavy atom. The van der Waals surface area contributed by atoms with Crippen molar-refractivity contribution >= 4 is 17.5 Å². The highest BCUT2D eigenvalue weighted by Gasteiger charge is 2.27. The van der Waals surface area contributed by atoms with Gasteiger partial charge in [0, 0.05) is 7.05 Å². The van der Waals surface area contributed by atoms with Gasteiger partial charge in [0.25, 0.3) is 0 Å². The summed E-state index contributed by atoms with van der Waals surface area (Å²) in [4.78, 5) is 21.9. The minimum absolute atomic E-state index is 0.125. The molecule has 0 saturated carbocycles. The van der Waals surface area contributed by atoms with Crippen LogP contribution in [0.2, 0.25) is 0 Å². The Morgan fingerprint density at radius 2 is 2.28 bits per heavy atom. The molecule has 0 aliphatic rings. The summed E-state index contributed by atoms with van der Waals surface area (Å²) in [6.45, 7) is 3.33. The number of carbonyl (C=O) groups is 1.